The Morgan fingerprint density at radius 3 is 2.71 bits per heavy atom. The normalized spacial score (nSPS) is 10.7. The SMILES string of the molecule is C=C(c1ccc(-c2cc(CNC(=O)c3ccc(Cl)s3)no2)cc1)N(C)CCN. The van der Waals surface area contributed by atoms with Gasteiger partial charge in [-0.1, -0.05) is 47.6 Å². The van der Waals surface area contributed by atoms with E-state index in [4.69, 9.17) is 21.9 Å². The van der Waals surface area contributed by atoms with Crippen molar-refractivity contribution >= 4 is 34.5 Å². The predicted octanol–water partition coefficient (Wildman–Crippen LogP) is 3.85. The number of amides is 1. The molecule has 3 N–H and O–H groups in total. The van der Waals surface area contributed by atoms with Gasteiger partial charge < -0.3 is 20.5 Å². The summed E-state index contributed by atoms with van der Waals surface area (Å²) in [5.74, 6) is 0.446. The van der Waals surface area contributed by atoms with E-state index in [1.54, 1.807) is 12.1 Å². The first-order valence-electron chi connectivity index (χ1n) is 8.68. The van der Waals surface area contributed by atoms with E-state index in [9.17, 15) is 4.79 Å². The summed E-state index contributed by atoms with van der Waals surface area (Å²) >= 11 is 7.09. The van der Waals surface area contributed by atoms with E-state index in [0.717, 1.165) is 23.4 Å². The molecule has 0 saturated carbocycles. The van der Waals surface area contributed by atoms with Gasteiger partial charge in [0, 0.05) is 37.5 Å². The number of carbonyl (C=O) groups excluding carboxylic acids is 1. The van der Waals surface area contributed by atoms with Crippen LogP contribution in [0.1, 0.15) is 20.9 Å². The molecule has 1 amide bonds. The van der Waals surface area contributed by atoms with E-state index in [2.05, 4.69) is 17.1 Å². The summed E-state index contributed by atoms with van der Waals surface area (Å²) in [4.78, 5) is 14.7. The van der Waals surface area contributed by atoms with Crippen LogP contribution in [0.3, 0.4) is 0 Å². The molecule has 0 bridgehead atoms. The van der Waals surface area contributed by atoms with Gasteiger partial charge >= 0.3 is 0 Å². The van der Waals surface area contributed by atoms with Gasteiger partial charge in [-0.05, 0) is 17.7 Å². The molecule has 1 aromatic carbocycles. The molecule has 2 heterocycles. The zero-order valence-electron chi connectivity index (χ0n) is 15.4. The number of nitrogens with two attached hydrogens (primary N) is 1. The maximum atomic E-state index is 12.1. The van der Waals surface area contributed by atoms with Gasteiger partial charge in [-0.15, -0.1) is 11.3 Å². The van der Waals surface area contributed by atoms with Crippen molar-refractivity contribution in [3.05, 3.63) is 69.5 Å². The molecule has 3 rings (SSSR count). The Labute approximate surface area is 172 Å². The molecule has 0 aliphatic carbocycles. The van der Waals surface area contributed by atoms with Gasteiger partial charge in [0.1, 0.15) is 5.69 Å². The first-order valence-corrected chi connectivity index (χ1v) is 9.87. The summed E-state index contributed by atoms with van der Waals surface area (Å²) in [5, 5.41) is 6.83. The quantitative estimate of drug-likeness (QED) is 0.582. The summed E-state index contributed by atoms with van der Waals surface area (Å²) in [6.07, 6.45) is 0. The minimum absolute atomic E-state index is 0.189. The number of halogens is 1. The lowest BCUT2D eigenvalue weighted by Crippen LogP contribution is -2.23. The van der Waals surface area contributed by atoms with E-state index >= 15 is 0 Å². The molecule has 28 heavy (non-hydrogen) atoms. The fraction of sp³-hybridized carbons (Fsp3) is 0.200. The topological polar surface area (TPSA) is 84.4 Å². The van der Waals surface area contributed by atoms with Crippen LogP contribution in [0.5, 0.6) is 0 Å². The lowest BCUT2D eigenvalue weighted by Gasteiger charge is -2.21. The average molecular weight is 417 g/mol. The van der Waals surface area contributed by atoms with Crippen LogP contribution < -0.4 is 11.1 Å². The van der Waals surface area contributed by atoms with Crippen LogP contribution >= 0.6 is 22.9 Å². The molecule has 0 saturated heterocycles. The summed E-state index contributed by atoms with van der Waals surface area (Å²) in [7, 11) is 1.96. The van der Waals surface area contributed by atoms with Gasteiger partial charge in [-0.25, -0.2) is 0 Å². The van der Waals surface area contributed by atoms with Crippen molar-refractivity contribution in [3.8, 4) is 11.3 Å². The minimum Gasteiger partial charge on any atom is -0.373 e. The molecule has 0 atom stereocenters. The molecule has 3 aromatic rings. The summed E-state index contributed by atoms with van der Waals surface area (Å²) in [6, 6.07) is 13.1. The summed E-state index contributed by atoms with van der Waals surface area (Å²) < 4.78 is 5.99. The van der Waals surface area contributed by atoms with Crippen LogP contribution in [0.2, 0.25) is 4.34 Å². The summed E-state index contributed by atoms with van der Waals surface area (Å²) in [6.45, 7) is 5.70. The van der Waals surface area contributed by atoms with Crippen molar-refractivity contribution in [2.24, 2.45) is 5.73 Å². The molecular formula is C20H21ClN4O2S. The lowest BCUT2D eigenvalue weighted by molar-refractivity contribution is 0.0954. The highest BCUT2D eigenvalue weighted by atomic mass is 35.5. The van der Waals surface area contributed by atoms with E-state index in [0.29, 0.717) is 27.2 Å². The van der Waals surface area contributed by atoms with Crippen LogP contribution in [0.4, 0.5) is 0 Å². The molecule has 0 spiro atoms. The fourth-order valence-electron chi connectivity index (χ4n) is 2.60. The molecule has 0 unspecified atom stereocenters. The van der Waals surface area contributed by atoms with Crippen LogP contribution in [0.15, 0.2) is 53.6 Å². The summed E-state index contributed by atoms with van der Waals surface area (Å²) in [5.41, 5.74) is 9.05. The number of rotatable bonds is 8. The van der Waals surface area contributed by atoms with E-state index < -0.39 is 0 Å². The Morgan fingerprint density at radius 1 is 1.32 bits per heavy atom. The van der Waals surface area contributed by atoms with Crippen molar-refractivity contribution in [2.45, 2.75) is 6.54 Å². The molecule has 0 fully saturated rings. The second-order valence-corrected chi connectivity index (χ2v) is 7.92. The number of nitrogens with zero attached hydrogens (tertiary/aromatic N) is 2. The number of hydrogen-bond acceptors (Lipinski definition) is 6. The number of aromatic nitrogens is 1. The molecule has 0 aliphatic rings. The number of thiophene rings is 1. The van der Waals surface area contributed by atoms with Crippen molar-refractivity contribution in [1.82, 2.24) is 15.4 Å². The van der Waals surface area contributed by atoms with Gasteiger partial charge in [-0.3, -0.25) is 4.79 Å². The maximum absolute atomic E-state index is 12.1. The fourth-order valence-corrected chi connectivity index (χ4v) is 3.56. The zero-order valence-corrected chi connectivity index (χ0v) is 17.0. The van der Waals surface area contributed by atoms with Crippen molar-refractivity contribution in [2.75, 3.05) is 20.1 Å². The van der Waals surface area contributed by atoms with E-state index in [1.807, 2.05) is 42.3 Å². The van der Waals surface area contributed by atoms with E-state index in [-0.39, 0.29) is 12.5 Å². The second kappa shape index (κ2) is 9.05. The van der Waals surface area contributed by atoms with Crippen molar-refractivity contribution in [1.29, 1.82) is 0 Å². The molecule has 0 aliphatic heterocycles. The smallest absolute Gasteiger partial charge is 0.261 e. The first kappa shape index (κ1) is 20.1. The highest BCUT2D eigenvalue weighted by Crippen LogP contribution is 2.24. The number of benzene rings is 1. The predicted molar refractivity (Wildman–Crippen MR) is 113 cm³/mol. The van der Waals surface area contributed by atoms with Crippen LogP contribution in [0.25, 0.3) is 17.0 Å². The molecule has 8 heteroatoms. The first-order chi connectivity index (χ1) is 13.5. The maximum Gasteiger partial charge on any atom is 0.261 e. The lowest BCUT2D eigenvalue weighted by atomic mass is 10.1. The van der Waals surface area contributed by atoms with Crippen LogP contribution in [-0.2, 0) is 6.54 Å². The molecule has 146 valence electrons. The number of likely N-dealkylation sites (N-methyl/N-ethyl adjacent to an activating group) is 1. The molecule has 6 nitrogen and oxygen atoms in total. The highest BCUT2D eigenvalue weighted by Gasteiger charge is 2.12. The number of hydrogen-bond donors (Lipinski definition) is 2. The van der Waals surface area contributed by atoms with Crippen molar-refractivity contribution in [3.63, 3.8) is 0 Å². The largest absolute Gasteiger partial charge is 0.373 e. The Balaban J connectivity index is 1.62. The molecular weight excluding hydrogens is 396 g/mol. The van der Waals surface area contributed by atoms with Crippen LogP contribution in [0, 0.1) is 0 Å². The molecule has 0 radical (unpaired) electrons. The number of carbonyl (C=O) groups is 1. The average Bonchev–Trinajstić information content (AvgIpc) is 3.35. The van der Waals surface area contributed by atoms with Gasteiger partial charge in [0.25, 0.3) is 5.91 Å². The Hall–Kier alpha value is -2.61. The Kier molecular flexibility index (Phi) is 6.51. The second-order valence-electron chi connectivity index (χ2n) is 6.20. The highest BCUT2D eigenvalue weighted by molar-refractivity contribution is 7.17. The third-order valence-corrected chi connectivity index (χ3v) is 5.44. The third kappa shape index (κ3) is 4.81. The Bertz CT molecular complexity index is 965. The number of nitrogens with one attached hydrogen (secondary N) is 1. The monoisotopic (exact) mass is 416 g/mol. The van der Waals surface area contributed by atoms with Gasteiger partial charge in [-0.2, -0.15) is 0 Å². The van der Waals surface area contributed by atoms with Gasteiger partial charge in [0.15, 0.2) is 5.76 Å². The van der Waals surface area contributed by atoms with Crippen LogP contribution in [-0.4, -0.2) is 36.1 Å². The van der Waals surface area contributed by atoms with Gasteiger partial charge in [0.05, 0.1) is 15.8 Å². The standard InChI is InChI=1S/C20H21ClN4O2S/c1-13(25(2)10-9-22)14-3-5-15(6-4-14)17-11-16(24-27-17)12-23-20(26)18-7-8-19(21)28-18/h3-8,11H,1,9-10,12,22H2,2H3,(H,23,26). The minimum atomic E-state index is -0.189. The zero-order chi connectivity index (χ0) is 20.1. The third-order valence-electron chi connectivity index (χ3n) is 4.21. The van der Waals surface area contributed by atoms with Gasteiger partial charge in [0.2, 0.25) is 0 Å². The van der Waals surface area contributed by atoms with E-state index in [1.165, 1.54) is 11.3 Å². The van der Waals surface area contributed by atoms with Crippen molar-refractivity contribution < 1.29 is 9.32 Å². The Morgan fingerprint density at radius 2 is 2.07 bits per heavy atom. The molecule has 2 aromatic heterocycles.